The second-order valence-corrected chi connectivity index (χ2v) is 6.90. The standard InChI is InChI=1S/C18H21N5OS/c1-4-6-13(19-3)11(2)20-18-22-14-9-10-25-16(14)15(23-18)17(24)21-12-7-5-8-12/h4,6,9-12H,1,3,5,7-8H2,2H3,(H,21,24)(H,20,22,23)/b13-6-. The van der Waals surface area contributed by atoms with E-state index in [4.69, 9.17) is 0 Å². The number of anilines is 1. The van der Waals surface area contributed by atoms with Crippen LogP contribution in [0.1, 0.15) is 36.7 Å². The Morgan fingerprint density at radius 3 is 2.92 bits per heavy atom. The van der Waals surface area contributed by atoms with Crippen molar-refractivity contribution in [3.05, 3.63) is 41.6 Å². The number of carbonyl (C=O) groups excluding carboxylic acids is 1. The van der Waals surface area contributed by atoms with E-state index < -0.39 is 0 Å². The molecule has 25 heavy (non-hydrogen) atoms. The van der Waals surface area contributed by atoms with E-state index in [0.717, 1.165) is 28.8 Å². The van der Waals surface area contributed by atoms with Crippen LogP contribution in [0, 0.1) is 0 Å². The predicted octanol–water partition coefficient (Wildman–Crippen LogP) is 3.54. The highest BCUT2D eigenvalue weighted by Crippen LogP contribution is 2.25. The van der Waals surface area contributed by atoms with E-state index >= 15 is 0 Å². The lowest BCUT2D eigenvalue weighted by molar-refractivity contribution is 0.0914. The van der Waals surface area contributed by atoms with Crippen molar-refractivity contribution in [3.8, 4) is 0 Å². The summed E-state index contributed by atoms with van der Waals surface area (Å²) in [6.45, 7) is 9.17. The van der Waals surface area contributed by atoms with Gasteiger partial charge in [0.1, 0.15) is 0 Å². The molecule has 130 valence electrons. The van der Waals surface area contributed by atoms with Gasteiger partial charge in [-0.1, -0.05) is 12.7 Å². The van der Waals surface area contributed by atoms with Crippen molar-refractivity contribution >= 4 is 40.1 Å². The van der Waals surface area contributed by atoms with Crippen molar-refractivity contribution in [1.82, 2.24) is 15.3 Å². The van der Waals surface area contributed by atoms with Crippen molar-refractivity contribution in [2.75, 3.05) is 5.32 Å². The summed E-state index contributed by atoms with van der Waals surface area (Å²) in [7, 11) is 0. The zero-order valence-corrected chi connectivity index (χ0v) is 15.0. The van der Waals surface area contributed by atoms with Crippen molar-refractivity contribution < 1.29 is 4.79 Å². The highest BCUT2D eigenvalue weighted by molar-refractivity contribution is 7.17. The minimum atomic E-state index is -0.158. The van der Waals surface area contributed by atoms with Crippen LogP contribution < -0.4 is 10.6 Å². The zero-order valence-electron chi connectivity index (χ0n) is 14.2. The summed E-state index contributed by atoms with van der Waals surface area (Å²) in [6.07, 6.45) is 6.67. The molecule has 0 aromatic carbocycles. The molecule has 1 aliphatic carbocycles. The van der Waals surface area contributed by atoms with Crippen LogP contribution >= 0.6 is 11.3 Å². The number of thiophene rings is 1. The van der Waals surface area contributed by atoms with E-state index in [1.165, 1.54) is 17.8 Å². The Labute approximate surface area is 150 Å². The van der Waals surface area contributed by atoms with Crippen LogP contribution in [-0.2, 0) is 0 Å². The summed E-state index contributed by atoms with van der Waals surface area (Å²) < 4.78 is 0.804. The molecule has 0 aliphatic heterocycles. The molecule has 1 aliphatic rings. The summed E-state index contributed by atoms with van der Waals surface area (Å²) in [6, 6.07) is 2.00. The fourth-order valence-corrected chi connectivity index (χ4v) is 3.43. The fourth-order valence-electron chi connectivity index (χ4n) is 2.61. The Balaban J connectivity index is 1.88. The van der Waals surface area contributed by atoms with Crippen LogP contribution in [0.3, 0.4) is 0 Å². The van der Waals surface area contributed by atoms with Crippen molar-refractivity contribution in [2.24, 2.45) is 4.99 Å². The van der Waals surface area contributed by atoms with Gasteiger partial charge in [0.2, 0.25) is 5.95 Å². The van der Waals surface area contributed by atoms with Gasteiger partial charge in [-0.2, -0.15) is 0 Å². The van der Waals surface area contributed by atoms with Crippen molar-refractivity contribution in [3.63, 3.8) is 0 Å². The molecule has 1 atom stereocenters. The number of amides is 1. The van der Waals surface area contributed by atoms with Gasteiger partial charge in [0.25, 0.3) is 5.91 Å². The maximum atomic E-state index is 12.6. The lowest BCUT2D eigenvalue weighted by Gasteiger charge is -2.26. The average molecular weight is 355 g/mol. The highest BCUT2D eigenvalue weighted by atomic mass is 32.1. The number of fused-ring (bicyclic) bond motifs is 1. The largest absolute Gasteiger partial charge is 0.348 e. The van der Waals surface area contributed by atoms with Crippen LogP contribution in [0.2, 0.25) is 0 Å². The van der Waals surface area contributed by atoms with Gasteiger partial charge in [-0.3, -0.25) is 9.79 Å². The first-order valence-corrected chi connectivity index (χ1v) is 9.12. The Kier molecular flexibility index (Phi) is 5.23. The number of aliphatic imine (C=N–C) groups is 1. The Hall–Kier alpha value is -2.54. The third-order valence-corrected chi connectivity index (χ3v) is 5.13. The monoisotopic (exact) mass is 355 g/mol. The van der Waals surface area contributed by atoms with Gasteiger partial charge in [-0.25, -0.2) is 9.97 Å². The number of allylic oxidation sites excluding steroid dienone is 2. The van der Waals surface area contributed by atoms with Gasteiger partial charge in [-0.15, -0.1) is 11.3 Å². The summed E-state index contributed by atoms with van der Waals surface area (Å²) in [5, 5.41) is 8.15. The highest BCUT2D eigenvalue weighted by Gasteiger charge is 2.23. The van der Waals surface area contributed by atoms with E-state index in [9.17, 15) is 4.79 Å². The second kappa shape index (κ2) is 7.57. The predicted molar refractivity (Wildman–Crippen MR) is 103 cm³/mol. The van der Waals surface area contributed by atoms with Gasteiger partial charge in [-0.05, 0) is 50.4 Å². The average Bonchev–Trinajstić information content (AvgIpc) is 3.03. The van der Waals surface area contributed by atoms with Gasteiger partial charge >= 0.3 is 0 Å². The molecule has 2 aromatic heterocycles. The number of nitrogens with zero attached hydrogens (tertiary/aromatic N) is 3. The number of carbonyl (C=O) groups is 1. The molecule has 1 fully saturated rings. The molecule has 1 amide bonds. The van der Waals surface area contributed by atoms with Crippen LogP contribution in [0.25, 0.3) is 10.2 Å². The Morgan fingerprint density at radius 1 is 1.48 bits per heavy atom. The van der Waals surface area contributed by atoms with Crippen molar-refractivity contribution in [2.45, 2.75) is 38.3 Å². The fraction of sp³-hybridized carbons (Fsp3) is 0.333. The third-order valence-electron chi connectivity index (χ3n) is 4.22. The Bertz CT molecular complexity index is 837. The normalized spacial score (nSPS) is 16.1. The number of hydrogen-bond acceptors (Lipinski definition) is 6. The van der Waals surface area contributed by atoms with Crippen LogP contribution in [0.15, 0.2) is 40.9 Å². The molecule has 0 spiro atoms. The minimum Gasteiger partial charge on any atom is -0.348 e. The number of rotatable bonds is 7. The molecule has 1 saturated carbocycles. The maximum Gasteiger partial charge on any atom is 0.271 e. The molecule has 2 aromatic rings. The number of nitrogens with one attached hydrogen (secondary N) is 2. The van der Waals surface area contributed by atoms with Gasteiger partial charge < -0.3 is 10.6 Å². The van der Waals surface area contributed by atoms with Gasteiger partial charge in [0.05, 0.1) is 22.0 Å². The summed E-state index contributed by atoms with van der Waals surface area (Å²) in [5.74, 6) is 0.259. The summed E-state index contributed by atoms with van der Waals surface area (Å²) in [5.41, 5.74) is 1.90. The van der Waals surface area contributed by atoms with Gasteiger partial charge in [0, 0.05) is 6.04 Å². The van der Waals surface area contributed by atoms with E-state index in [-0.39, 0.29) is 18.0 Å². The topological polar surface area (TPSA) is 79.3 Å². The molecule has 0 radical (unpaired) electrons. The van der Waals surface area contributed by atoms with Crippen LogP contribution in [-0.4, -0.2) is 34.7 Å². The van der Waals surface area contributed by atoms with Crippen LogP contribution in [0.4, 0.5) is 5.95 Å². The van der Waals surface area contributed by atoms with E-state index in [1.807, 2.05) is 18.4 Å². The van der Waals surface area contributed by atoms with E-state index in [2.05, 4.69) is 38.9 Å². The zero-order chi connectivity index (χ0) is 17.8. The molecule has 3 rings (SSSR count). The molecule has 0 saturated heterocycles. The Morgan fingerprint density at radius 2 is 2.28 bits per heavy atom. The van der Waals surface area contributed by atoms with Crippen molar-refractivity contribution in [1.29, 1.82) is 0 Å². The third kappa shape index (κ3) is 3.76. The first-order valence-electron chi connectivity index (χ1n) is 8.24. The lowest BCUT2D eigenvalue weighted by Crippen LogP contribution is -2.40. The lowest BCUT2D eigenvalue weighted by atomic mass is 9.93. The maximum absolute atomic E-state index is 12.6. The first-order chi connectivity index (χ1) is 12.1. The van der Waals surface area contributed by atoms with Crippen LogP contribution in [0.5, 0.6) is 0 Å². The van der Waals surface area contributed by atoms with E-state index in [1.54, 1.807) is 12.2 Å². The minimum absolute atomic E-state index is 0.140. The second-order valence-electron chi connectivity index (χ2n) is 5.98. The quantitative estimate of drug-likeness (QED) is 0.588. The van der Waals surface area contributed by atoms with E-state index in [0.29, 0.717) is 11.6 Å². The molecule has 1 unspecified atom stereocenters. The first kappa shape index (κ1) is 17.3. The summed E-state index contributed by atoms with van der Waals surface area (Å²) >= 11 is 1.47. The molecular weight excluding hydrogens is 334 g/mol. The molecule has 6 nitrogen and oxygen atoms in total. The van der Waals surface area contributed by atoms with Gasteiger partial charge in [0.15, 0.2) is 5.69 Å². The number of hydrogen-bond donors (Lipinski definition) is 2. The molecule has 2 N–H and O–H groups in total. The molecule has 7 heteroatoms. The SMILES string of the molecule is C=C/C=C(\N=C)C(C)Nc1nc(C(=O)NC2CCC2)c2sccc2n1. The smallest absolute Gasteiger partial charge is 0.271 e. The number of aromatic nitrogens is 2. The molecule has 0 bridgehead atoms. The molecule has 2 heterocycles. The molecular formula is C18H21N5OS. The summed E-state index contributed by atoms with van der Waals surface area (Å²) in [4.78, 5) is 25.6.